The van der Waals surface area contributed by atoms with Gasteiger partial charge in [0.1, 0.15) is 16.2 Å². The fourth-order valence-electron chi connectivity index (χ4n) is 3.30. The van der Waals surface area contributed by atoms with Crippen LogP contribution in [0.5, 0.6) is 5.75 Å². The van der Waals surface area contributed by atoms with Gasteiger partial charge in [0.05, 0.1) is 31.2 Å². The minimum Gasteiger partial charge on any atom is -0.497 e. The zero-order chi connectivity index (χ0) is 22.1. The van der Waals surface area contributed by atoms with Crippen molar-refractivity contribution in [3.63, 3.8) is 0 Å². The monoisotopic (exact) mass is 467 g/mol. The second-order valence-electron chi connectivity index (χ2n) is 6.79. The van der Waals surface area contributed by atoms with Gasteiger partial charge in [0.25, 0.3) is 5.56 Å². The third-order valence-corrected chi connectivity index (χ3v) is 6.60. The summed E-state index contributed by atoms with van der Waals surface area (Å²) in [5.74, 6) is 1.71. The predicted molar refractivity (Wildman–Crippen MR) is 123 cm³/mol. The Hall–Kier alpha value is -3.57. The summed E-state index contributed by atoms with van der Waals surface area (Å²) in [5, 5.41) is 13.7. The molecule has 1 aromatic carbocycles. The molecule has 0 fully saturated rings. The average Bonchev–Trinajstić information content (AvgIpc) is 3.56. The lowest BCUT2D eigenvalue weighted by molar-refractivity contribution is -0.113. The van der Waals surface area contributed by atoms with Crippen molar-refractivity contribution >= 4 is 50.7 Å². The van der Waals surface area contributed by atoms with E-state index in [1.807, 2.05) is 15.8 Å². The first-order chi connectivity index (χ1) is 15.6. The van der Waals surface area contributed by atoms with E-state index in [1.54, 1.807) is 49.8 Å². The molecule has 1 amide bonds. The Morgan fingerprint density at radius 2 is 2.06 bits per heavy atom. The molecule has 0 aliphatic carbocycles. The molecule has 1 N–H and O–H groups in total. The summed E-state index contributed by atoms with van der Waals surface area (Å²) in [6.45, 7) is 0.240. The van der Waals surface area contributed by atoms with E-state index >= 15 is 0 Å². The van der Waals surface area contributed by atoms with Gasteiger partial charge < -0.3 is 14.5 Å². The minimum atomic E-state index is -0.178. The number of ether oxygens (including phenoxy) is 1. The van der Waals surface area contributed by atoms with Crippen LogP contribution in [0.3, 0.4) is 0 Å². The Morgan fingerprint density at radius 3 is 2.81 bits per heavy atom. The van der Waals surface area contributed by atoms with Gasteiger partial charge in [-0.15, -0.1) is 21.5 Å². The van der Waals surface area contributed by atoms with Gasteiger partial charge in [0.2, 0.25) is 11.7 Å². The number of furan rings is 1. The van der Waals surface area contributed by atoms with Crippen molar-refractivity contribution in [3.8, 4) is 5.75 Å². The van der Waals surface area contributed by atoms with E-state index in [4.69, 9.17) is 9.15 Å². The normalized spacial score (nSPS) is 11.3. The van der Waals surface area contributed by atoms with Gasteiger partial charge in [0, 0.05) is 5.69 Å². The van der Waals surface area contributed by atoms with Crippen LogP contribution >= 0.6 is 23.1 Å². The predicted octanol–water partition coefficient (Wildman–Crippen LogP) is 3.49. The number of carbonyl (C=O) groups excluding carboxylic acids is 1. The number of fused-ring (bicyclic) bond motifs is 3. The number of amides is 1. The molecule has 5 aromatic rings. The van der Waals surface area contributed by atoms with Crippen molar-refractivity contribution in [1.82, 2.24) is 19.2 Å². The summed E-state index contributed by atoms with van der Waals surface area (Å²) in [4.78, 5) is 25.5. The van der Waals surface area contributed by atoms with E-state index in [2.05, 4.69) is 15.5 Å². The third kappa shape index (κ3) is 3.76. The molecule has 0 atom stereocenters. The Kier molecular flexibility index (Phi) is 5.41. The molecule has 0 spiro atoms. The number of methoxy groups -OCH3 is 1. The zero-order valence-corrected chi connectivity index (χ0v) is 18.5. The van der Waals surface area contributed by atoms with Gasteiger partial charge in [-0.1, -0.05) is 11.8 Å². The number of benzene rings is 1. The number of thioether (sulfide) groups is 1. The molecule has 162 valence electrons. The first kappa shape index (κ1) is 20.3. The summed E-state index contributed by atoms with van der Waals surface area (Å²) < 4.78 is 14.5. The lowest BCUT2D eigenvalue weighted by atomic mass is 10.3. The second-order valence-corrected chi connectivity index (χ2v) is 8.65. The maximum atomic E-state index is 13.0. The van der Waals surface area contributed by atoms with Crippen molar-refractivity contribution in [2.24, 2.45) is 0 Å². The van der Waals surface area contributed by atoms with Gasteiger partial charge >= 0.3 is 0 Å². The Balaban J connectivity index is 1.42. The molecule has 9 nitrogen and oxygen atoms in total. The van der Waals surface area contributed by atoms with E-state index in [0.29, 0.717) is 38.3 Å². The van der Waals surface area contributed by atoms with E-state index in [-0.39, 0.29) is 23.8 Å². The SMILES string of the molecule is COc1ccc(NC(=O)CSc2nnc3n(Cc4ccco4)c(=O)c4sccc4n23)cc1. The molecule has 32 heavy (non-hydrogen) atoms. The van der Waals surface area contributed by atoms with Crippen LogP contribution < -0.4 is 15.6 Å². The van der Waals surface area contributed by atoms with Crippen LogP contribution in [0.2, 0.25) is 0 Å². The summed E-state index contributed by atoms with van der Waals surface area (Å²) in [7, 11) is 1.59. The van der Waals surface area contributed by atoms with Gasteiger partial charge in [-0.2, -0.15) is 0 Å². The first-order valence-electron chi connectivity index (χ1n) is 9.58. The number of nitrogens with one attached hydrogen (secondary N) is 1. The van der Waals surface area contributed by atoms with Crippen LogP contribution in [0.25, 0.3) is 16.0 Å². The van der Waals surface area contributed by atoms with E-state index in [1.165, 1.54) is 27.7 Å². The Labute approximate surface area is 189 Å². The second kappa shape index (κ2) is 8.52. The number of aromatic nitrogens is 4. The standard InChI is InChI=1S/C21H17N5O4S2/c1-29-14-6-4-13(5-7-14)22-17(27)12-32-21-24-23-20-25(11-15-3-2-9-30-15)19(28)18-16(26(20)21)8-10-31-18/h2-10H,11-12H2,1H3,(H,22,27). The Bertz CT molecular complexity index is 1450. The number of rotatable bonds is 7. The number of nitrogens with zero attached hydrogens (tertiary/aromatic N) is 4. The van der Waals surface area contributed by atoms with Crippen LogP contribution in [-0.2, 0) is 11.3 Å². The highest BCUT2D eigenvalue weighted by atomic mass is 32.2. The molecule has 0 bridgehead atoms. The summed E-state index contributed by atoms with van der Waals surface area (Å²) in [6.07, 6.45) is 1.56. The number of carbonyl (C=O) groups is 1. The van der Waals surface area contributed by atoms with E-state index in [9.17, 15) is 9.59 Å². The van der Waals surface area contributed by atoms with Crippen LogP contribution in [-0.4, -0.2) is 37.9 Å². The summed E-state index contributed by atoms with van der Waals surface area (Å²) in [5.41, 5.74) is 1.24. The number of thiophene rings is 1. The molecule has 0 radical (unpaired) electrons. The molecule has 11 heteroatoms. The molecule has 4 heterocycles. The first-order valence-corrected chi connectivity index (χ1v) is 11.4. The number of hydrogen-bond acceptors (Lipinski definition) is 8. The topological polar surface area (TPSA) is 104 Å². The molecule has 0 unspecified atom stereocenters. The molecule has 0 saturated heterocycles. The molecular weight excluding hydrogens is 450 g/mol. The third-order valence-electron chi connectivity index (χ3n) is 4.78. The molecule has 0 aliphatic heterocycles. The van der Waals surface area contributed by atoms with Gasteiger partial charge in [-0.3, -0.25) is 18.6 Å². The van der Waals surface area contributed by atoms with Gasteiger partial charge in [-0.05, 0) is 47.8 Å². The van der Waals surface area contributed by atoms with Crippen LogP contribution in [0.4, 0.5) is 5.69 Å². The van der Waals surface area contributed by atoms with Crippen molar-refractivity contribution in [1.29, 1.82) is 0 Å². The lowest BCUT2D eigenvalue weighted by Crippen LogP contribution is -2.23. The minimum absolute atomic E-state index is 0.135. The number of hydrogen-bond donors (Lipinski definition) is 1. The molecule has 0 aliphatic rings. The molecule has 5 rings (SSSR count). The van der Waals surface area contributed by atoms with Gasteiger partial charge in [-0.25, -0.2) is 0 Å². The van der Waals surface area contributed by atoms with Crippen LogP contribution in [0.15, 0.2) is 68.5 Å². The van der Waals surface area contributed by atoms with Crippen molar-refractivity contribution in [2.45, 2.75) is 11.7 Å². The zero-order valence-electron chi connectivity index (χ0n) is 16.8. The smallest absolute Gasteiger partial charge is 0.273 e. The highest BCUT2D eigenvalue weighted by Crippen LogP contribution is 2.25. The molecule has 0 saturated carbocycles. The van der Waals surface area contributed by atoms with Gasteiger partial charge in [0.15, 0.2) is 5.16 Å². The van der Waals surface area contributed by atoms with Crippen LogP contribution in [0.1, 0.15) is 5.76 Å². The van der Waals surface area contributed by atoms with E-state index in [0.717, 1.165) is 0 Å². The average molecular weight is 468 g/mol. The maximum Gasteiger partial charge on any atom is 0.273 e. The van der Waals surface area contributed by atoms with Crippen molar-refractivity contribution in [2.75, 3.05) is 18.2 Å². The van der Waals surface area contributed by atoms with Crippen molar-refractivity contribution in [3.05, 3.63) is 70.2 Å². The summed E-state index contributed by atoms with van der Waals surface area (Å²) in [6, 6.07) is 12.5. The highest BCUT2D eigenvalue weighted by molar-refractivity contribution is 7.99. The molecule has 4 aromatic heterocycles. The van der Waals surface area contributed by atoms with Crippen LogP contribution in [0, 0.1) is 0 Å². The highest BCUT2D eigenvalue weighted by Gasteiger charge is 2.19. The van der Waals surface area contributed by atoms with E-state index < -0.39 is 0 Å². The number of anilines is 1. The largest absolute Gasteiger partial charge is 0.497 e. The lowest BCUT2D eigenvalue weighted by Gasteiger charge is -2.08. The fourth-order valence-corrected chi connectivity index (χ4v) is 4.86. The fraction of sp³-hybridized carbons (Fsp3) is 0.143. The van der Waals surface area contributed by atoms with Crippen molar-refractivity contribution < 1.29 is 13.9 Å². The maximum absolute atomic E-state index is 13.0. The quantitative estimate of drug-likeness (QED) is 0.366. The summed E-state index contributed by atoms with van der Waals surface area (Å²) >= 11 is 2.61. The Morgan fingerprint density at radius 1 is 1.22 bits per heavy atom. The molecular formula is C21H17N5O4S2.